The van der Waals surface area contributed by atoms with Crippen molar-refractivity contribution in [3.63, 3.8) is 0 Å². The summed E-state index contributed by atoms with van der Waals surface area (Å²) >= 11 is 15.2. The summed E-state index contributed by atoms with van der Waals surface area (Å²) in [5.74, 6) is -0.461. The summed E-state index contributed by atoms with van der Waals surface area (Å²) in [4.78, 5) is 24.3. The smallest absolute Gasteiger partial charge is 0.347 e. The SMILES string of the molecule is O=C(/C=C/c1ccc(Cl)cc1Cl)c1cc2cc(Br)ccc2oc1=O. The van der Waals surface area contributed by atoms with Gasteiger partial charge >= 0.3 is 5.63 Å². The fraction of sp³-hybridized carbons (Fsp3) is 0. The number of carbonyl (C=O) groups is 1. The van der Waals surface area contributed by atoms with Crippen LogP contribution < -0.4 is 5.63 Å². The van der Waals surface area contributed by atoms with Gasteiger partial charge in [0, 0.05) is 19.9 Å². The van der Waals surface area contributed by atoms with Crippen molar-refractivity contribution in [3.05, 3.63) is 84.6 Å². The highest BCUT2D eigenvalue weighted by Crippen LogP contribution is 2.23. The van der Waals surface area contributed by atoms with E-state index in [2.05, 4.69) is 15.9 Å². The van der Waals surface area contributed by atoms with Crippen LogP contribution in [-0.4, -0.2) is 5.78 Å². The normalized spacial score (nSPS) is 11.3. The lowest BCUT2D eigenvalue weighted by atomic mass is 10.1. The molecule has 0 amide bonds. The fourth-order valence-electron chi connectivity index (χ4n) is 2.16. The topological polar surface area (TPSA) is 47.3 Å². The van der Waals surface area contributed by atoms with Crippen LogP contribution in [0.4, 0.5) is 0 Å². The Bertz CT molecular complexity index is 1040. The van der Waals surface area contributed by atoms with E-state index in [4.69, 9.17) is 27.6 Å². The van der Waals surface area contributed by atoms with Gasteiger partial charge in [-0.3, -0.25) is 4.79 Å². The van der Waals surface area contributed by atoms with Crippen LogP contribution in [0.1, 0.15) is 15.9 Å². The van der Waals surface area contributed by atoms with Crippen LogP contribution in [0, 0.1) is 0 Å². The molecule has 3 rings (SSSR count). The van der Waals surface area contributed by atoms with E-state index in [1.165, 1.54) is 18.2 Å². The molecule has 3 aromatic rings. The molecular weight excluding hydrogens is 415 g/mol. The lowest BCUT2D eigenvalue weighted by molar-refractivity contribution is 0.104. The van der Waals surface area contributed by atoms with Crippen LogP contribution in [0.2, 0.25) is 10.0 Å². The highest BCUT2D eigenvalue weighted by molar-refractivity contribution is 9.10. The molecule has 0 unspecified atom stereocenters. The van der Waals surface area contributed by atoms with E-state index in [0.29, 0.717) is 26.6 Å². The molecule has 0 aliphatic carbocycles. The van der Waals surface area contributed by atoms with Crippen molar-refractivity contribution in [2.75, 3.05) is 0 Å². The molecule has 1 heterocycles. The van der Waals surface area contributed by atoms with E-state index in [1.54, 1.807) is 36.4 Å². The first-order chi connectivity index (χ1) is 11.4. The number of fused-ring (bicyclic) bond motifs is 1. The standard InChI is InChI=1S/C18H9BrCl2O3/c19-12-3-6-17-11(7-12)8-14(18(23)24-17)16(22)5-2-10-1-4-13(20)9-15(10)21/h1-9H/b5-2+. The molecule has 0 aliphatic rings. The molecular formula is C18H9BrCl2O3. The Hall–Kier alpha value is -1.88. The minimum atomic E-state index is -0.679. The summed E-state index contributed by atoms with van der Waals surface area (Å²) in [7, 11) is 0. The van der Waals surface area contributed by atoms with Gasteiger partial charge in [-0.1, -0.05) is 45.2 Å². The molecule has 1 aromatic heterocycles. The monoisotopic (exact) mass is 422 g/mol. The second kappa shape index (κ2) is 6.93. The molecule has 0 radical (unpaired) electrons. The maximum atomic E-state index is 12.3. The summed E-state index contributed by atoms with van der Waals surface area (Å²) in [5, 5.41) is 1.58. The molecule has 3 nitrogen and oxygen atoms in total. The van der Waals surface area contributed by atoms with E-state index < -0.39 is 11.4 Å². The van der Waals surface area contributed by atoms with Crippen molar-refractivity contribution >= 4 is 62.0 Å². The third-order valence-electron chi connectivity index (χ3n) is 3.34. The largest absolute Gasteiger partial charge is 0.422 e. The van der Waals surface area contributed by atoms with Gasteiger partial charge in [0.05, 0.1) is 0 Å². The van der Waals surface area contributed by atoms with E-state index in [-0.39, 0.29) is 5.56 Å². The Morgan fingerprint density at radius 3 is 2.62 bits per heavy atom. The molecule has 2 aromatic carbocycles. The quantitative estimate of drug-likeness (QED) is 0.305. The third-order valence-corrected chi connectivity index (χ3v) is 4.39. The first kappa shape index (κ1) is 17.0. The van der Waals surface area contributed by atoms with Gasteiger partial charge in [-0.25, -0.2) is 4.79 Å². The van der Waals surface area contributed by atoms with E-state index in [1.807, 2.05) is 0 Å². The number of benzene rings is 2. The minimum Gasteiger partial charge on any atom is -0.422 e. The first-order valence-electron chi connectivity index (χ1n) is 6.85. The van der Waals surface area contributed by atoms with Crippen molar-refractivity contribution < 1.29 is 9.21 Å². The zero-order valence-electron chi connectivity index (χ0n) is 12.1. The Kier molecular flexibility index (Phi) is 4.90. The molecule has 120 valence electrons. The van der Waals surface area contributed by atoms with Gasteiger partial charge in [0.25, 0.3) is 0 Å². The lowest BCUT2D eigenvalue weighted by Crippen LogP contribution is -2.11. The van der Waals surface area contributed by atoms with Crippen molar-refractivity contribution in [1.82, 2.24) is 0 Å². The number of hydrogen-bond donors (Lipinski definition) is 0. The van der Waals surface area contributed by atoms with Gasteiger partial charge < -0.3 is 4.42 Å². The van der Waals surface area contributed by atoms with E-state index >= 15 is 0 Å². The average Bonchev–Trinajstić information content (AvgIpc) is 2.53. The highest BCUT2D eigenvalue weighted by atomic mass is 79.9. The summed E-state index contributed by atoms with van der Waals surface area (Å²) in [6.07, 6.45) is 2.82. The van der Waals surface area contributed by atoms with Gasteiger partial charge in [-0.05, 0) is 54.1 Å². The zero-order chi connectivity index (χ0) is 17.3. The van der Waals surface area contributed by atoms with E-state index in [9.17, 15) is 9.59 Å². The molecule has 0 aliphatic heterocycles. The zero-order valence-corrected chi connectivity index (χ0v) is 15.2. The first-order valence-corrected chi connectivity index (χ1v) is 8.40. The number of allylic oxidation sites excluding steroid dienone is 1. The van der Waals surface area contributed by atoms with Crippen molar-refractivity contribution in [1.29, 1.82) is 0 Å². The van der Waals surface area contributed by atoms with Crippen LogP contribution in [0.5, 0.6) is 0 Å². The molecule has 0 fully saturated rings. The van der Waals surface area contributed by atoms with Crippen molar-refractivity contribution in [3.8, 4) is 0 Å². The Balaban J connectivity index is 1.97. The molecule has 0 saturated heterocycles. The van der Waals surface area contributed by atoms with Crippen LogP contribution >= 0.6 is 39.1 Å². The van der Waals surface area contributed by atoms with Gasteiger partial charge in [0.2, 0.25) is 0 Å². The average molecular weight is 424 g/mol. The number of carbonyl (C=O) groups excluding carboxylic acids is 1. The van der Waals surface area contributed by atoms with Gasteiger partial charge in [-0.15, -0.1) is 0 Å². The molecule has 24 heavy (non-hydrogen) atoms. The van der Waals surface area contributed by atoms with Crippen LogP contribution in [0.3, 0.4) is 0 Å². The van der Waals surface area contributed by atoms with Crippen LogP contribution in [0.25, 0.3) is 17.0 Å². The predicted octanol–water partition coefficient (Wildman–Crippen LogP) is 5.76. The number of hydrogen-bond acceptors (Lipinski definition) is 3. The number of ketones is 1. The molecule has 6 heteroatoms. The van der Waals surface area contributed by atoms with E-state index in [0.717, 1.165) is 4.47 Å². The van der Waals surface area contributed by atoms with Crippen LogP contribution in [0.15, 0.2) is 62.2 Å². The lowest BCUT2D eigenvalue weighted by Gasteiger charge is -2.01. The molecule has 0 N–H and O–H groups in total. The minimum absolute atomic E-state index is 0.0399. The van der Waals surface area contributed by atoms with Gasteiger partial charge in [-0.2, -0.15) is 0 Å². The Morgan fingerprint density at radius 1 is 1.08 bits per heavy atom. The second-order valence-corrected chi connectivity index (χ2v) is 6.75. The summed E-state index contributed by atoms with van der Waals surface area (Å²) < 4.78 is 6.01. The van der Waals surface area contributed by atoms with Gasteiger partial charge in [0.1, 0.15) is 11.1 Å². The fourth-order valence-corrected chi connectivity index (χ4v) is 3.01. The van der Waals surface area contributed by atoms with Crippen molar-refractivity contribution in [2.45, 2.75) is 0 Å². The molecule has 0 spiro atoms. The Labute approximate surface area is 155 Å². The molecule has 0 bridgehead atoms. The summed E-state index contributed by atoms with van der Waals surface area (Å²) in [6.45, 7) is 0. The summed E-state index contributed by atoms with van der Waals surface area (Å²) in [6, 6.07) is 11.6. The molecule has 0 atom stereocenters. The maximum absolute atomic E-state index is 12.3. The number of halogens is 3. The maximum Gasteiger partial charge on any atom is 0.347 e. The van der Waals surface area contributed by atoms with Gasteiger partial charge in [0.15, 0.2) is 5.78 Å². The van der Waals surface area contributed by atoms with Crippen LogP contribution in [-0.2, 0) is 0 Å². The third kappa shape index (κ3) is 3.61. The summed E-state index contributed by atoms with van der Waals surface area (Å²) in [5.41, 5.74) is 0.329. The highest BCUT2D eigenvalue weighted by Gasteiger charge is 2.11. The van der Waals surface area contributed by atoms with Crippen molar-refractivity contribution in [2.24, 2.45) is 0 Å². The predicted molar refractivity (Wildman–Crippen MR) is 100 cm³/mol. The second-order valence-electron chi connectivity index (χ2n) is 4.99. The number of rotatable bonds is 3. The molecule has 0 saturated carbocycles. The Morgan fingerprint density at radius 2 is 1.88 bits per heavy atom.